The summed E-state index contributed by atoms with van der Waals surface area (Å²) in [6.45, 7) is 26.6. The molecule has 4 aliphatic rings. The Morgan fingerprint density at radius 1 is 0.413 bits per heavy atom. The van der Waals surface area contributed by atoms with Crippen molar-refractivity contribution in [3.63, 3.8) is 0 Å². The zero-order valence-corrected chi connectivity index (χ0v) is 75.7. The Bertz CT molecular complexity index is 6240. The summed E-state index contributed by atoms with van der Waals surface area (Å²) in [6.07, 6.45) is 9.34. The highest BCUT2D eigenvalue weighted by molar-refractivity contribution is 7.92. The van der Waals surface area contributed by atoms with Crippen molar-refractivity contribution >= 4 is 127 Å². The van der Waals surface area contributed by atoms with Crippen LogP contribution in [0.2, 0.25) is 5.02 Å². The lowest BCUT2D eigenvalue weighted by Crippen LogP contribution is -2.50. The van der Waals surface area contributed by atoms with Crippen molar-refractivity contribution in [3.05, 3.63) is 225 Å². The van der Waals surface area contributed by atoms with Crippen molar-refractivity contribution < 1.29 is 75.1 Å². The molecule has 0 aliphatic carbocycles. The number of halogens is 5. The number of aromatic nitrogens is 6. The molecular formula is C81H96ClF4N23O13S4. The Kier molecular flexibility index (Phi) is 28.4. The number of nitrogens with one attached hydrogen (secondary N) is 4. The van der Waals surface area contributed by atoms with Gasteiger partial charge in [-0.25, -0.2) is 93.2 Å². The number of carbonyl (C=O) groups excluding carboxylic acids is 4. The molecule has 4 aromatic heterocycles. The molecule has 126 heavy (non-hydrogen) atoms. The van der Waals surface area contributed by atoms with Gasteiger partial charge in [0.15, 0.2) is 0 Å². The summed E-state index contributed by atoms with van der Waals surface area (Å²) in [5.41, 5.74) is 21.1. The minimum Gasteiger partial charge on any atom is -0.477 e. The topological polar surface area (TPSA) is 510 Å². The van der Waals surface area contributed by atoms with E-state index in [9.17, 15) is 70.4 Å². The second-order valence-electron chi connectivity index (χ2n) is 32.4. The van der Waals surface area contributed by atoms with Crippen LogP contribution in [0.1, 0.15) is 154 Å². The number of amides is 4. The molecule has 0 radical (unpaired) electrons. The van der Waals surface area contributed by atoms with Gasteiger partial charge in [0.05, 0.1) is 36.8 Å². The van der Waals surface area contributed by atoms with Gasteiger partial charge in [-0.2, -0.15) is 0 Å². The standard InChI is InChI=1S/C21H27FN6O4S.C21H23FN6O3S.C20H23ClFN5O3S.C19H23FN6O3S/c1-6-32-17-11-24-16(10-25-17)18(29)26-13-7-8-15(22)14(9-13)21(4)12-28(5)33(30,31)20(2,3)19(23)27-21;1-20(2)19(23)27-21(3,12-28(5)32(20,30)31)15-10-13(6-8-16(15)22)26-18(29)17-9-7-14(24-4)11-25-17;1-19(2)18(23)26-20(3,11-27(4)31(19,29)30)14-9-13(6-7-15(14)22)25-17(28)16-8-5-12(21)10-24-16;1-18(2)17(21)25-19(3,11-26(4)30(18,28)29)13-9-12(5-6-14(13)20)24-16(27)15-10-22-7-8-23-15/h7-11H,6,12H2,1-5H3,(H2,23,27)(H,26,29);6-11H,12H2,1-3,5H3,(H2,23,27)(H,26,29);5-10H,11H2,1-4H3,(H2,23,26)(H,25,28);5-10H,11H2,1-4H3,(H2,21,25)(H,24,27)/t2*21-;20-;19-/m0000/s1. The van der Waals surface area contributed by atoms with E-state index < -0.39 is 128 Å². The highest BCUT2D eigenvalue weighted by Crippen LogP contribution is 2.42. The SMILES string of the molecule is CCOc1cnc(C(=O)Nc2ccc(F)c([C@]3(C)CN(C)S(=O)(=O)C(C)(C)C(N)=N3)c2)cn1.CN1C[C@@](C)(c2cc(NC(=O)c3ccc(Cl)cn3)ccc2F)N=C(N)C(C)(C)S1(=O)=O.CN1C[C@@](C)(c2cc(NC(=O)c3cnccn3)ccc2F)N=C(N)C(C)(C)S1(=O)=O.[C-]#[N+]c1ccc(C(=O)Nc2ccc(F)c([C@]3(C)CN(C)S(=O)(=O)C(C)(C)C(N)=N3)c2)nc1. The number of benzene rings is 4. The van der Waals surface area contributed by atoms with Crippen molar-refractivity contribution in [3.8, 4) is 5.88 Å². The summed E-state index contributed by atoms with van der Waals surface area (Å²) in [4.78, 5) is 94.5. The Balaban J connectivity index is 0.000000190. The monoisotopic (exact) mass is 1840 g/mol. The molecule has 0 saturated heterocycles. The second kappa shape index (κ2) is 36.5. The molecule has 0 spiro atoms. The highest BCUT2D eigenvalue weighted by Gasteiger charge is 2.53. The average molecular weight is 1840 g/mol. The summed E-state index contributed by atoms with van der Waals surface area (Å²) >= 11 is 5.79. The van der Waals surface area contributed by atoms with Crippen LogP contribution in [0.4, 0.5) is 46.0 Å². The number of sulfonamides is 4. The number of carbonyl (C=O) groups is 4. The van der Waals surface area contributed by atoms with Crippen molar-refractivity contribution in [1.82, 2.24) is 47.1 Å². The maximum Gasteiger partial charge on any atom is 0.275 e. The van der Waals surface area contributed by atoms with Gasteiger partial charge in [-0.15, -0.1) is 0 Å². The lowest BCUT2D eigenvalue weighted by atomic mass is 9.91. The van der Waals surface area contributed by atoms with E-state index >= 15 is 0 Å². The normalized spacial score (nSPS) is 22.7. The van der Waals surface area contributed by atoms with E-state index in [1.54, 1.807) is 34.6 Å². The number of hydrogen-bond donors (Lipinski definition) is 8. The van der Waals surface area contributed by atoms with Crippen molar-refractivity contribution in [2.24, 2.45) is 42.9 Å². The zero-order valence-electron chi connectivity index (χ0n) is 71.7. The molecule has 12 rings (SSSR count). The van der Waals surface area contributed by atoms with Crippen LogP contribution in [-0.4, -0.2) is 208 Å². The van der Waals surface area contributed by atoms with Crippen LogP contribution >= 0.6 is 11.6 Å². The number of pyridine rings is 2. The number of nitrogens with zero attached hydrogens (tertiary/aromatic N) is 15. The van der Waals surface area contributed by atoms with Gasteiger partial charge in [0.2, 0.25) is 51.7 Å². The third-order valence-electron chi connectivity index (χ3n) is 21.5. The van der Waals surface area contributed by atoms with Gasteiger partial charge < -0.3 is 48.9 Å². The predicted molar refractivity (Wildman–Crippen MR) is 471 cm³/mol. The van der Waals surface area contributed by atoms with E-state index in [0.29, 0.717) is 28.7 Å². The lowest BCUT2D eigenvalue weighted by molar-refractivity contribution is 0.101. The number of amidine groups is 4. The van der Waals surface area contributed by atoms with Gasteiger partial charge in [0.25, 0.3) is 23.6 Å². The van der Waals surface area contributed by atoms with Crippen molar-refractivity contribution in [1.29, 1.82) is 0 Å². The molecule has 36 nitrogen and oxygen atoms in total. The summed E-state index contributed by atoms with van der Waals surface area (Å²) in [7, 11) is -9.69. The summed E-state index contributed by atoms with van der Waals surface area (Å²) in [5, 5.41) is 10.9. The molecule has 12 N–H and O–H groups in total. The van der Waals surface area contributed by atoms with Crippen LogP contribution in [0.3, 0.4) is 0 Å². The maximum atomic E-state index is 14.9. The molecular weight excluding hydrogens is 1740 g/mol. The van der Waals surface area contributed by atoms with Gasteiger partial charge in [0.1, 0.15) is 111 Å². The third kappa shape index (κ3) is 20.0. The smallest absolute Gasteiger partial charge is 0.275 e. The molecule has 0 bridgehead atoms. The second-order valence-corrected chi connectivity index (χ2v) is 43.2. The average Bonchev–Trinajstić information content (AvgIpc) is 1.61. The Morgan fingerprint density at radius 3 is 0.960 bits per heavy atom. The fourth-order valence-electron chi connectivity index (χ4n) is 13.5. The molecule has 8 heterocycles. The zero-order chi connectivity index (χ0) is 94.0. The molecule has 8 aromatic rings. The molecule has 672 valence electrons. The minimum atomic E-state index is -3.83. The molecule has 0 fully saturated rings. The Morgan fingerprint density at radius 2 is 0.706 bits per heavy atom. The third-order valence-corrected chi connectivity index (χ3v) is 31.5. The molecule has 4 amide bonds. The number of ether oxygens (including phenoxy) is 1. The van der Waals surface area contributed by atoms with Crippen LogP contribution in [0.15, 0.2) is 160 Å². The summed E-state index contributed by atoms with van der Waals surface area (Å²) < 4.78 is 166. The van der Waals surface area contributed by atoms with E-state index in [1.165, 1.54) is 224 Å². The van der Waals surface area contributed by atoms with E-state index in [-0.39, 0.29) is 112 Å². The largest absolute Gasteiger partial charge is 0.477 e. The minimum absolute atomic E-state index is 0.0415. The number of rotatable bonds is 14. The van der Waals surface area contributed by atoms with Crippen LogP contribution in [0, 0.1) is 29.8 Å². The number of hydrogen-bond acceptors (Lipinski definition) is 27. The predicted octanol–water partition coefficient (Wildman–Crippen LogP) is 8.79. The van der Waals surface area contributed by atoms with E-state index in [0.717, 1.165) is 17.2 Å². The van der Waals surface area contributed by atoms with E-state index in [4.69, 9.17) is 45.8 Å². The van der Waals surface area contributed by atoms with E-state index in [2.05, 4.69) is 76.0 Å². The molecule has 4 aliphatic heterocycles. The quantitative estimate of drug-likeness (QED) is 0.0372. The first-order chi connectivity index (χ1) is 58.3. The fraction of sp³-hybridized carbons (Fsp3) is 0.370. The summed E-state index contributed by atoms with van der Waals surface area (Å²) in [6, 6.07) is 21.8. The number of likely N-dealkylation sites (N-methyl/N-ethyl adjacent to an activating group) is 4. The number of anilines is 4. The number of aliphatic imine (C=N–C) groups is 4. The molecule has 4 aromatic carbocycles. The van der Waals surface area contributed by atoms with Crippen molar-refractivity contribution in [2.45, 2.75) is 131 Å². The van der Waals surface area contributed by atoms with E-state index in [1.807, 2.05) is 0 Å². The van der Waals surface area contributed by atoms with Gasteiger partial charge in [-0.1, -0.05) is 17.7 Å². The molecule has 0 saturated carbocycles. The van der Waals surface area contributed by atoms with Crippen LogP contribution < -0.4 is 48.9 Å². The van der Waals surface area contributed by atoms with Gasteiger partial charge in [-0.3, -0.25) is 49.1 Å². The van der Waals surface area contributed by atoms with Crippen LogP contribution in [0.5, 0.6) is 5.88 Å². The molecule has 4 atom stereocenters. The lowest BCUT2D eigenvalue weighted by Gasteiger charge is -2.29. The first-order valence-corrected chi connectivity index (χ1v) is 44.3. The van der Waals surface area contributed by atoms with Crippen LogP contribution in [0.25, 0.3) is 4.85 Å². The number of nitrogens with two attached hydrogens (primary N) is 4. The highest BCUT2D eigenvalue weighted by atomic mass is 35.5. The maximum absolute atomic E-state index is 14.9. The van der Waals surface area contributed by atoms with Crippen molar-refractivity contribution in [2.75, 3.05) is 82.2 Å². The first kappa shape index (κ1) is 97.8. The van der Waals surface area contributed by atoms with Gasteiger partial charge >= 0.3 is 0 Å². The molecule has 0 unspecified atom stereocenters. The molecule has 45 heteroatoms. The Labute approximate surface area is 732 Å². The first-order valence-electron chi connectivity index (χ1n) is 38.2. The fourth-order valence-corrected chi connectivity index (χ4v) is 19.7. The van der Waals surface area contributed by atoms with Gasteiger partial charge in [-0.05, 0) is 181 Å². The Hall–Kier alpha value is -12.0. The summed E-state index contributed by atoms with van der Waals surface area (Å²) in [5.74, 6) is -4.80. The van der Waals surface area contributed by atoms with Crippen LogP contribution in [-0.2, 0) is 62.2 Å². The van der Waals surface area contributed by atoms with Gasteiger partial charge in [0, 0.05) is 124 Å².